The molecule has 2 atom stereocenters. The van der Waals surface area contributed by atoms with E-state index >= 15 is 0 Å². The molecular formula is C9H20ClNO. The van der Waals surface area contributed by atoms with Crippen molar-refractivity contribution in [1.29, 1.82) is 0 Å². The molecule has 0 saturated heterocycles. The van der Waals surface area contributed by atoms with Gasteiger partial charge in [-0.2, -0.15) is 0 Å². The van der Waals surface area contributed by atoms with Crippen LogP contribution < -0.4 is 5.73 Å². The molecule has 0 bridgehead atoms. The molecule has 0 aromatic heterocycles. The molecule has 0 aliphatic carbocycles. The molecule has 2 nitrogen and oxygen atoms in total. The van der Waals surface area contributed by atoms with Gasteiger partial charge >= 0.3 is 0 Å². The molecule has 0 aliphatic heterocycles. The molecule has 0 aromatic carbocycles. The first-order valence-electron chi connectivity index (χ1n) is 4.58. The zero-order valence-corrected chi connectivity index (χ0v) is 8.93. The summed E-state index contributed by atoms with van der Waals surface area (Å²) in [6.07, 6.45) is 1.90. The van der Waals surface area contributed by atoms with Crippen LogP contribution in [0.25, 0.3) is 0 Å². The first-order chi connectivity index (χ1) is 5.46. The molecule has 0 aliphatic rings. The van der Waals surface area contributed by atoms with Crippen molar-refractivity contribution in [3.05, 3.63) is 0 Å². The number of aliphatic hydroxyl groups is 1. The van der Waals surface area contributed by atoms with E-state index in [1.54, 1.807) is 6.92 Å². The maximum atomic E-state index is 9.14. The van der Waals surface area contributed by atoms with Crippen molar-refractivity contribution in [1.82, 2.24) is 0 Å². The van der Waals surface area contributed by atoms with E-state index in [0.717, 1.165) is 12.8 Å². The van der Waals surface area contributed by atoms with Crippen molar-refractivity contribution in [2.75, 3.05) is 0 Å². The van der Waals surface area contributed by atoms with Crippen LogP contribution in [-0.2, 0) is 0 Å². The van der Waals surface area contributed by atoms with Gasteiger partial charge in [0.2, 0.25) is 0 Å². The summed E-state index contributed by atoms with van der Waals surface area (Å²) < 4.78 is 0. The van der Waals surface area contributed by atoms with E-state index in [1.165, 1.54) is 0 Å². The van der Waals surface area contributed by atoms with Gasteiger partial charge in [-0.25, -0.2) is 0 Å². The Morgan fingerprint density at radius 2 is 1.83 bits per heavy atom. The van der Waals surface area contributed by atoms with Gasteiger partial charge in [0.25, 0.3) is 0 Å². The monoisotopic (exact) mass is 193 g/mol. The molecule has 0 amide bonds. The second kappa shape index (κ2) is 5.05. The zero-order valence-electron chi connectivity index (χ0n) is 8.18. The van der Waals surface area contributed by atoms with Crippen molar-refractivity contribution in [3.8, 4) is 0 Å². The maximum absolute atomic E-state index is 9.14. The fourth-order valence-corrected chi connectivity index (χ4v) is 1.44. The third kappa shape index (κ3) is 3.30. The molecule has 0 aromatic rings. The summed E-state index contributed by atoms with van der Waals surface area (Å²) in [5.41, 5.74) is 5.88. The van der Waals surface area contributed by atoms with Crippen molar-refractivity contribution in [2.24, 2.45) is 5.73 Å². The van der Waals surface area contributed by atoms with Crippen LogP contribution in [0.2, 0.25) is 0 Å². The second-order valence-electron chi connectivity index (χ2n) is 3.43. The Kier molecular flexibility index (Phi) is 5.14. The third-order valence-corrected chi connectivity index (χ3v) is 3.25. The van der Waals surface area contributed by atoms with Crippen LogP contribution in [0.15, 0.2) is 0 Å². The lowest BCUT2D eigenvalue weighted by Gasteiger charge is -2.31. The van der Waals surface area contributed by atoms with Crippen LogP contribution in [0.1, 0.15) is 40.0 Å². The number of rotatable bonds is 5. The standard InChI is InChI=1S/C9H20ClNO/c1-4-9(10,5-2)8(11)6-7(3)12/h7-8,12H,4-6,11H2,1-3H3. The first kappa shape index (κ1) is 12.2. The summed E-state index contributed by atoms with van der Waals surface area (Å²) in [6.45, 7) is 5.79. The Balaban J connectivity index is 4.11. The highest BCUT2D eigenvalue weighted by Crippen LogP contribution is 2.29. The van der Waals surface area contributed by atoms with E-state index in [1.807, 2.05) is 13.8 Å². The quantitative estimate of drug-likeness (QED) is 0.655. The highest BCUT2D eigenvalue weighted by Gasteiger charge is 2.31. The normalized spacial score (nSPS) is 17.5. The van der Waals surface area contributed by atoms with E-state index < -0.39 is 0 Å². The summed E-state index contributed by atoms with van der Waals surface area (Å²) >= 11 is 6.27. The van der Waals surface area contributed by atoms with Crippen LogP contribution in [0.5, 0.6) is 0 Å². The van der Waals surface area contributed by atoms with Gasteiger partial charge in [0.1, 0.15) is 0 Å². The van der Waals surface area contributed by atoms with E-state index in [-0.39, 0.29) is 17.0 Å². The van der Waals surface area contributed by atoms with Crippen molar-refractivity contribution < 1.29 is 5.11 Å². The van der Waals surface area contributed by atoms with Crippen molar-refractivity contribution in [2.45, 2.75) is 57.1 Å². The van der Waals surface area contributed by atoms with Gasteiger partial charge in [0.05, 0.1) is 11.0 Å². The largest absolute Gasteiger partial charge is 0.393 e. The van der Waals surface area contributed by atoms with E-state index in [0.29, 0.717) is 6.42 Å². The highest BCUT2D eigenvalue weighted by atomic mass is 35.5. The topological polar surface area (TPSA) is 46.2 Å². The number of alkyl halides is 1. The Morgan fingerprint density at radius 1 is 1.42 bits per heavy atom. The summed E-state index contributed by atoms with van der Waals surface area (Å²) in [5, 5.41) is 9.14. The zero-order chi connectivity index (χ0) is 9.78. The smallest absolute Gasteiger partial charge is 0.0593 e. The van der Waals surface area contributed by atoms with Crippen molar-refractivity contribution in [3.63, 3.8) is 0 Å². The van der Waals surface area contributed by atoms with Crippen LogP contribution in [0.3, 0.4) is 0 Å². The average molecular weight is 194 g/mol. The Bertz CT molecular complexity index is 124. The minimum absolute atomic E-state index is 0.117. The van der Waals surface area contributed by atoms with Gasteiger partial charge in [-0.15, -0.1) is 11.6 Å². The fourth-order valence-electron chi connectivity index (χ4n) is 1.35. The molecule has 12 heavy (non-hydrogen) atoms. The maximum Gasteiger partial charge on any atom is 0.0593 e. The highest BCUT2D eigenvalue weighted by molar-refractivity contribution is 6.24. The van der Waals surface area contributed by atoms with Crippen LogP contribution in [0.4, 0.5) is 0 Å². The Morgan fingerprint density at radius 3 is 2.08 bits per heavy atom. The number of aliphatic hydroxyl groups excluding tert-OH is 1. The van der Waals surface area contributed by atoms with Gasteiger partial charge in [-0.3, -0.25) is 0 Å². The summed E-state index contributed by atoms with van der Waals surface area (Å²) in [7, 11) is 0. The SMILES string of the molecule is CCC(Cl)(CC)C(N)CC(C)O. The molecule has 0 fully saturated rings. The predicted molar refractivity (Wildman–Crippen MR) is 53.4 cm³/mol. The van der Waals surface area contributed by atoms with Crippen LogP contribution in [-0.4, -0.2) is 22.1 Å². The summed E-state index contributed by atoms with van der Waals surface area (Å²) in [5.74, 6) is 0. The molecule has 74 valence electrons. The van der Waals surface area contributed by atoms with Gasteiger partial charge in [-0.1, -0.05) is 13.8 Å². The molecule has 0 radical (unpaired) electrons. The molecule has 3 N–H and O–H groups in total. The molecule has 2 unspecified atom stereocenters. The second-order valence-corrected chi connectivity index (χ2v) is 4.19. The summed E-state index contributed by atoms with van der Waals surface area (Å²) in [4.78, 5) is -0.336. The molecule has 0 rings (SSSR count). The van der Waals surface area contributed by atoms with Crippen molar-refractivity contribution >= 4 is 11.6 Å². The minimum atomic E-state index is -0.365. The van der Waals surface area contributed by atoms with E-state index in [2.05, 4.69) is 0 Å². The molecule has 3 heteroatoms. The molecule has 0 heterocycles. The third-order valence-electron chi connectivity index (χ3n) is 2.44. The van der Waals surface area contributed by atoms with Crippen LogP contribution >= 0.6 is 11.6 Å². The number of halogens is 1. The van der Waals surface area contributed by atoms with Crippen LogP contribution in [0, 0.1) is 0 Å². The molecule has 0 spiro atoms. The van der Waals surface area contributed by atoms with Gasteiger partial charge < -0.3 is 10.8 Å². The predicted octanol–water partition coefficient (Wildman–Crippen LogP) is 1.88. The average Bonchev–Trinajstić information content (AvgIpc) is 2.02. The van der Waals surface area contributed by atoms with E-state index in [9.17, 15) is 0 Å². The lowest BCUT2D eigenvalue weighted by atomic mass is 9.90. The van der Waals surface area contributed by atoms with E-state index in [4.69, 9.17) is 22.4 Å². The number of nitrogens with two attached hydrogens (primary N) is 1. The fraction of sp³-hybridized carbons (Fsp3) is 1.00. The molecule has 0 saturated carbocycles. The first-order valence-corrected chi connectivity index (χ1v) is 4.96. The lowest BCUT2D eigenvalue weighted by Crippen LogP contribution is -2.44. The molecular weight excluding hydrogens is 174 g/mol. The summed E-state index contributed by atoms with van der Waals surface area (Å²) in [6, 6.07) is -0.117. The van der Waals surface area contributed by atoms with Gasteiger partial charge in [0, 0.05) is 6.04 Å². The van der Waals surface area contributed by atoms with Gasteiger partial charge in [0.15, 0.2) is 0 Å². The number of hydrogen-bond acceptors (Lipinski definition) is 2. The Labute approximate surface area is 80.1 Å². The minimum Gasteiger partial charge on any atom is -0.393 e. The number of hydrogen-bond donors (Lipinski definition) is 2. The Hall–Kier alpha value is 0.210. The van der Waals surface area contributed by atoms with Gasteiger partial charge in [-0.05, 0) is 26.2 Å². The lowest BCUT2D eigenvalue weighted by molar-refractivity contribution is 0.164.